The van der Waals surface area contributed by atoms with Crippen LogP contribution in [0.3, 0.4) is 0 Å². The number of amides is 1. The third kappa shape index (κ3) is 3.31. The van der Waals surface area contributed by atoms with E-state index >= 15 is 0 Å². The molecule has 0 spiro atoms. The highest BCUT2D eigenvalue weighted by atomic mass is 16.5. The molecule has 0 aliphatic carbocycles. The lowest BCUT2D eigenvalue weighted by molar-refractivity contribution is 0.0928. The number of hydrogen-bond acceptors (Lipinski definition) is 5. The Morgan fingerprint density at radius 3 is 2.81 bits per heavy atom. The highest BCUT2D eigenvalue weighted by Crippen LogP contribution is 2.20. The molecule has 1 aromatic carbocycles. The summed E-state index contributed by atoms with van der Waals surface area (Å²) in [5.74, 6) is 0.555. The number of nitrogens with one attached hydrogen (secondary N) is 1. The van der Waals surface area contributed by atoms with Crippen molar-refractivity contribution in [2.24, 2.45) is 0 Å². The van der Waals surface area contributed by atoms with Gasteiger partial charge in [0.1, 0.15) is 17.4 Å². The van der Waals surface area contributed by atoms with E-state index < -0.39 is 6.04 Å². The summed E-state index contributed by atoms with van der Waals surface area (Å²) < 4.78 is 7.16. The van der Waals surface area contributed by atoms with Crippen LogP contribution in [0.15, 0.2) is 53.3 Å². The topological polar surface area (TPSA) is 85.3 Å². The van der Waals surface area contributed by atoms with E-state index in [-0.39, 0.29) is 5.91 Å². The maximum Gasteiger partial charge on any atom is 0.272 e. The van der Waals surface area contributed by atoms with Crippen LogP contribution in [0.25, 0.3) is 17.0 Å². The van der Waals surface area contributed by atoms with Gasteiger partial charge in [0, 0.05) is 18.0 Å². The maximum absolute atomic E-state index is 12.6. The lowest BCUT2D eigenvalue weighted by Crippen LogP contribution is -2.27. The molecule has 4 rings (SSSR count). The molecule has 1 atom stereocenters. The van der Waals surface area contributed by atoms with Crippen molar-refractivity contribution in [3.63, 3.8) is 0 Å². The third-order valence-electron chi connectivity index (χ3n) is 4.35. The number of carbonyl (C=O) groups is 1. The van der Waals surface area contributed by atoms with Crippen LogP contribution in [-0.4, -0.2) is 25.4 Å². The number of imidazole rings is 1. The standard InChI is InChI=1S/C20H19N5O2/c1-12-6-4-8-15(10-12)17-23-20(27-24-17)14(3)21-19(26)16-11-25-9-5-7-13(2)18(25)22-16/h4-11,14H,1-3H3,(H,21,26)/t14-/m0/s1. The van der Waals surface area contributed by atoms with Gasteiger partial charge < -0.3 is 14.2 Å². The molecule has 1 amide bonds. The lowest BCUT2D eigenvalue weighted by Gasteiger charge is -2.07. The van der Waals surface area contributed by atoms with Gasteiger partial charge in [0.05, 0.1) is 0 Å². The minimum atomic E-state index is -0.436. The predicted molar refractivity (Wildman–Crippen MR) is 100 cm³/mol. The molecule has 4 aromatic rings. The van der Waals surface area contributed by atoms with Gasteiger partial charge in [-0.15, -0.1) is 0 Å². The Kier molecular flexibility index (Phi) is 4.19. The molecule has 27 heavy (non-hydrogen) atoms. The Morgan fingerprint density at radius 2 is 2.04 bits per heavy atom. The molecule has 0 bridgehead atoms. The number of aryl methyl sites for hydroxylation is 2. The summed E-state index contributed by atoms with van der Waals surface area (Å²) in [6, 6.07) is 11.3. The zero-order valence-electron chi connectivity index (χ0n) is 15.3. The van der Waals surface area contributed by atoms with E-state index in [0.29, 0.717) is 17.4 Å². The fourth-order valence-electron chi connectivity index (χ4n) is 2.91. The van der Waals surface area contributed by atoms with Gasteiger partial charge >= 0.3 is 0 Å². The summed E-state index contributed by atoms with van der Waals surface area (Å²) in [5.41, 5.74) is 4.09. The van der Waals surface area contributed by atoms with E-state index in [1.54, 1.807) is 13.1 Å². The summed E-state index contributed by atoms with van der Waals surface area (Å²) in [6.45, 7) is 5.76. The van der Waals surface area contributed by atoms with E-state index in [0.717, 1.165) is 22.3 Å². The summed E-state index contributed by atoms with van der Waals surface area (Å²) in [5, 5.41) is 6.88. The van der Waals surface area contributed by atoms with Crippen LogP contribution in [0.4, 0.5) is 0 Å². The van der Waals surface area contributed by atoms with E-state index in [9.17, 15) is 4.79 Å². The predicted octanol–water partition coefficient (Wildman–Crippen LogP) is 3.49. The van der Waals surface area contributed by atoms with Gasteiger partial charge in [-0.3, -0.25) is 4.79 Å². The van der Waals surface area contributed by atoms with Crippen LogP contribution >= 0.6 is 0 Å². The molecule has 7 heteroatoms. The van der Waals surface area contributed by atoms with Gasteiger partial charge in [0.15, 0.2) is 0 Å². The van der Waals surface area contributed by atoms with Crippen molar-refractivity contribution in [3.8, 4) is 11.4 Å². The third-order valence-corrected chi connectivity index (χ3v) is 4.35. The van der Waals surface area contributed by atoms with Gasteiger partial charge in [-0.2, -0.15) is 4.98 Å². The Hall–Kier alpha value is -3.48. The Morgan fingerprint density at radius 1 is 1.19 bits per heavy atom. The van der Waals surface area contributed by atoms with Crippen LogP contribution in [0.2, 0.25) is 0 Å². The number of hydrogen-bond donors (Lipinski definition) is 1. The number of aromatic nitrogens is 4. The Balaban J connectivity index is 1.52. The Labute approximate surface area is 156 Å². The van der Waals surface area contributed by atoms with E-state index in [2.05, 4.69) is 20.4 Å². The SMILES string of the molecule is Cc1cccc(-c2noc([C@H](C)NC(=O)c3cn4cccc(C)c4n3)n2)c1. The second-order valence-electron chi connectivity index (χ2n) is 6.57. The largest absolute Gasteiger partial charge is 0.339 e. The van der Waals surface area contributed by atoms with Crippen molar-refractivity contribution in [1.82, 2.24) is 24.8 Å². The molecule has 7 nitrogen and oxygen atoms in total. The van der Waals surface area contributed by atoms with Crippen molar-refractivity contribution in [1.29, 1.82) is 0 Å². The van der Waals surface area contributed by atoms with Crippen LogP contribution < -0.4 is 5.32 Å². The number of benzene rings is 1. The molecule has 0 radical (unpaired) electrons. The average Bonchev–Trinajstić information content (AvgIpc) is 3.30. The van der Waals surface area contributed by atoms with Crippen molar-refractivity contribution in [2.75, 3.05) is 0 Å². The number of nitrogens with zero attached hydrogens (tertiary/aromatic N) is 4. The molecule has 1 N–H and O–H groups in total. The molecule has 0 saturated carbocycles. The first-order chi connectivity index (χ1) is 13.0. The smallest absolute Gasteiger partial charge is 0.272 e. The lowest BCUT2D eigenvalue weighted by atomic mass is 10.1. The van der Waals surface area contributed by atoms with Gasteiger partial charge in [-0.05, 0) is 38.5 Å². The van der Waals surface area contributed by atoms with Crippen molar-refractivity contribution in [2.45, 2.75) is 26.8 Å². The van der Waals surface area contributed by atoms with Gasteiger partial charge in [-0.25, -0.2) is 4.98 Å². The van der Waals surface area contributed by atoms with Gasteiger partial charge in [-0.1, -0.05) is 35.0 Å². The molecule has 3 aromatic heterocycles. The van der Waals surface area contributed by atoms with Crippen molar-refractivity contribution >= 4 is 11.6 Å². The van der Waals surface area contributed by atoms with Gasteiger partial charge in [0.25, 0.3) is 5.91 Å². The minimum Gasteiger partial charge on any atom is -0.339 e. The molecule has 0 aliphatic heterocycles. The van der Waals surface area contributed by atoms with E-state index in [1.807, 2.05) is 60.8 Å². The first kappa shape index (κ1) is 17.0. The average molecular weight is 361 g/mol. The van der Waals surface area contributed by atoms with Crippen LogP contribution in [0, 0.1) is 13.8 Å². The maximum atomic E-state index is 12.6. The fourth-order valence-corrected chi connectivity index (χ4v) is 2.91. The monoisotopic (exact) mass is 361 g/mol. The minimum absolute atomic E-state index is 0.291. The number of rotatable bonds is 4. The summed E-state index contributed by atoms with van der Waals surface area (Å²) in [4.78, 5) is 21.4. The molecule has 136 valence electrons. The van der Waals surface area contributed by atoms with Crippen molar-refractivity contribution < 1.29 is 9.32 Å². The molecule has 0 fully saturated rings. The zero-order valence-corrected chi connectivity index (χ0v) is 15.3. The van der Waals surface area contributed by atoms with E-state index in [1.165, 1.54) is 0 Å². The number of fused-ring (bicyclic) bond motifs is 1. The Bertz CT molecular complexity index is 1130. The van der Waals surface area contributed by atoms with E-state index in [4.69, 9.17) is 4.52 Å². The highest BCUT2D eigenvalue weighted by Gasteiger charge is 2.20. The fraction of sp³-hybridized carbons (Fsp3) is 0.200. The molecule has 0 unspecified atom stereocenters. The van der Waals surface area contributed by atoms with Crippen LogP contribution in [0.5, 0.6) is 0 Å². The number of pyridine rings is 1. The van der Waals surface area contributed by atoms with Gasteiger partial charge in [0.2, 0.25) is 11.7 Å². The molecular weight excluding hydrogens is 342 g/mol. The quantitative estimate of drug-likeness (QED) is 0.601. The highest BCUT2D eigenvalue weighted by molar-refractivity contribution is 5.93. The summed E-state index contributed by atoms with van der Waals surface area (Å²) in [6.07, 6.45) is 3.57. The van der Waals surface area contributed by atoms with Crippen LogP contribution in [0.1, 0.15) is 40.5 Å². The second kappa shape index (κ2) is 6.68. The van der Waals surface area contributed by atoms with Crippen LogP contribution in [-0.2, 0) is 0 Å². The summed E-state index contributed by atoms with van der Waals surface area (Å²) in [7, 11) is 0. The molecule has 0 aliphatic rings. The summed E-state index contributed by atoms with van der Waals surface area (Å²) >= 11 is 0. The first-order valence-corrected chi connectivity index (χ1v) is 8.67. The normalized spacial score (nSPS) is 12.3. The van der Waals surface area contributed by atoms with Crippen molar-refractivity contribution in [3.05, 3.63) is 71.5 Å². The number of carbonyl (C=O) groups excluding carboxylic acids is 1. The first-order valence-electron chi connectivity index (χ1n) is 8.67. The second-order valence-corrected chi connectivity index (χ2v) is 6.57. The molecule has 3 heterocycles. The zero-order chi connectivity index (χ0) is 19.0. The molecular formula is C20H19N5O2. The molecule has 0 saturated heterocycles.